The molecule has 3 heterocycles. The predicted octanol–water partition coefficient (Wildman–Crippen LogP) is 5.48. The Morgan fingerprint density at radius 2 is 1.73 bits per heavy atom. The molecule has 0 amide bonds. The minimum atomic E-state index is -4.01. The number of nitrogens with zero attached hydrogens (tertiary/aromatic N) is 3. The third-order valence-electron chi connectivity index (χ3n) is 8.41. The van der Waals surface area contributed by atoms with Crippen LogP contribution in [0.15, 0.2) is 59.8 Å². The Kier molecular flexibility index (Phi) is 6.60. The molecule has 3 fully saturated rings. The second-order valence-electron chi connectivity index (χ2n) is 11.0. The predicted molar refractivity (Wildman–Crippen MR) is 150 cm³/mol. The van der Waals surface area contributed by atoms with Crippen LogP contribution in [0.25, 0.3) is 22.3 Å². The number of rotatable bonds is 6. The summed E-state index contributed by atoms with van der Waals surface area (Å²) in [6.07, 6.45) is 6.59. The summed E-state index contributed by atoms with van der Waals surface area (Å²) in [6, 6.07) is 11.5. The molecule has 208 valence electrons. The number of methoxy groups -OCH3 is 1. The number of carbonyl (C=O) groups excluding carboxylic acids is 1. The summed E-state index contributed by atoms with van der Waals surface area (Å²) in [5, 5.41) is 3.87. The lowest BCUT2D eigenvalue weighted by Gasteiger charge is -2.47. The number of pyridine rings is 2. The number of fused-ring (bicyclic) bond motifs is 4. The third-order valence-corrected chi connectivity index (χ3v) is 10.1. The van der Waals surface area contributed by atoms with Crippen molar-refractivity contribution in [1.82, 2.24) is 13.9 Å². The van der Waals surface area contributed by atoms with E-state index in [9.17, 15) is 17.6 Å². The monoisotopic (exact) mass is 562 g/mol. The second kappa shape index (κ2) is 9.99. The van der Waals surface area contributed by atoms with Crippen molar-refractivity contribution in [1.29, 1.82) is 0 Å². The number of esters is 1. The molecule has 4 aromatic rings. The molecule has 0 aliphatic heterocycles. The van der Waals surface area contributed by atoms with Crippen molar-refractivity contribution in [3.05, 3.63) is 71.8 Å². The number of benzene rings is 1. The van der Waals surface area contributed by atoms with E-state index < -0.39 is 15.8 Å². The summed E-state index contributed by atoms with van der Waals surface area (Å²) in [5.74, 6) is 0.157. The molecule has 0 radical (unpaired) electrons. The highest BCUT2D eigenvalue weighted by Crippen LogP contribution is 2.47. The molecule has 0 saturated heterocycles. The molecule has 1 N–H and O–H groups in total. The van der Waals surface area contributed by atoms with Crippen LogP contribution in [0.3, 0.4) is 0 Å². The maximum Gasteiger partial charge on any atom is 0.311 e. The fraction of sp³-hybridized carbons (Fsp3) is 0.367. The van der Waals surface area contributed by atoms with Crippen LogP contribution in [0.4, 0.5) is 10.2 Å². The first-order valence-electron chi connectivity index (χ1n) is 13.5. The third kappa shape index (κ3) is 4.54. The minimum Gasteiger partial charge on any atom is -0.469 e. The van der Waals surface area contributed by atoms with E-state index in [1.165, 1.54) is 19.4 Å². The maximum atomic E-state index is 14.4. The van der Waals surface area contributed by atoms with Gasteiger partial charge in [0.25, 0.3) is 10.0 Å². The molecule has 3 aromatic heterocycles. The van der Waals surface area contributed by atoms with Gasteiger partial charge in [-0.1, -0.05) is 17.7 Å². The van der Waals surface area contributed by atoms with Crippen molar-refractivity contribution in [3.8, 4) is 11.3 Å². The number of hydrogen-bond donors (Lipinski definition) is 1. The molecule has 2 bridgehead atoms. The van der Waals surface area contributed by atoms with Crippen molar-refractivity contribution in [2.75, 3.05) is 12.4 Å². The van der Waals surface area contributed by atoms with Crippen LogP contribution in [0, 0.1) is 37.4 Å². The van der Waals surface area contributed by atoms with Gasteiger partial charge in [-0.05, 0) is 87.3 Å². The van der Waals surface area contributed by atoms with Crippen LogP contribution in [-0.2, 0) is 19.6 Å². The Morgan fingerprint density at radius 3 is 2.42 bits per heavy atom. The summed E-state index contributed by atoms with van der Waals surface area (Å²) < 4.78 is 47.9. The number of nitrogens with one attached hydrogen (secondary N) is 1. The first-order valence-corrected chi connectivity index (χ1v) is 14.9. The Labute approximate surface area is 232 Å². The molecule has 7 rings (SSSR count). The van der Waals surface area contributed by atoms with Crippen molar-refractivity contribution in [2.45, 2.75) is 50.5 Å². The van der Waals surface area contributed by atoms with Gasteiger partial charge in [-0.25, -0.2) is 26.7 Å². The van der Waals surface area contributed by atoms with Gasteiger partial charge >= 0.3 is 5.97 Å². The lowest BCUT2D eigenvalue weighted by molar-refractivity contribution is -0.152. The number of hydrogen-bond acceptors (Lipinski definition) is 7. The number of anilines is 1. The topological polar surface area (TPSA) is 103 Å². The van der Waals surface area contributed by atoms with Gasteiger partial charge in [-0.2, -0.15) is 0 Å². The lowest BCUT2D eigenvalue weighted by Crippen LogP contribution is -2.51. The van der Waals surface area contributed by atoms with E-state index in [0.29, 0.717) is 28.4 Å². The molecule has 8 nitrogen and oxygen atoms in total. The van der Waals surface area contributed by atoms with Gasteiger partial charge < -0.3 is 10.1 Å². The Balaban J connectivity index is 1.44. The molecule has 0 unspecified atom stereocenters. The first kappa shape index (κ1) is 26.4. The smallest absolute Gasteiger partial charge is 0.311 e. The zero-order valence-corrected chi connectivity index (χ0v) is 23.4. The molecule has 3 saturated carbocycles. The fourth-order valence-corrected chi connectivity index (χ4v) is 7.77. The molecule has 2 atom stereocenters. The average Bonchev–Trinajstić information content (AvgIpc) is 3.33. The average molecular weight is 563 g/mol. The summed E-state index contributed by atoms with van der Waals surface area (Å²) in [6.45, 7) is 3.80. The number of aromatic nitrogens is 3. The van der Waals surface area contributed by atoms with Gasteiger partial charge in [-0.3, -0.25) is 4.79 Å². The van der Waals surface area contributed by atoms with Crippen LogP contribution >= 0.6 is 0 Å². The largest absolute Gasteiger partial charge is 0.469 e. The van der Waals surface area contributed by atoms with E-state index in [1.54, 1.807) is 24.3 Å². The summed E-state index contributed by atoms with van der Waals surface area (Å²) in [7, 11) is -2.59. The van der Waals surface area contributed by atoms with Crippen molar-refractivity contribution in [3.63, 3.8) is 0 Å². The van der Waals surface area contributed by atoms with Crippen molar-refractivity contribution in [2.24, 2.45) is 17.8 Å². The maximum absolute atomic E-state index is 14.4. The molecular formula is C30H31FN4O4S. The van der Waals surface area contributed by atoms with Crippen LogP contribution in [0.5, 0.6) is 0 Å². The van der Waals surface area contributed by atoms with Gasteiger partial charge in [0.2, 0.25) is 0 Å². The number of halogens is 1. The minimum absolute atomic E-state index is 0.105. The molecule has 3 aliphatic rings. The molecule has 40 heavy (non-hydrogen) atoms. The van der Waals surface area contributed by atoms with E-state index in [-0.39, 0.29) is 34.4 Å². The number of aryl methyl sites for hydroxylation is 2. The van der Waals surface area contributed by atoms with Gasteiger partial charge in [-0.15, -0.1) is 0 Å². The Bertz CT molecular complexity index is 1710. The van der Waals surface area contributed by atoms with Crippen LogP contribution in [-0.4, -0.2) is 41.5 Å². The SMILES string of the molecule is COC(=O)[C@@H]1C2CCC(CC2)[C@H]1Nc1cc(C)cc(-c2cn(S(=O)(=O)c3ccc(C)cc3)c3ncc(F)cc23)n1. The van der Waals surface area contributed by atoms with E-state index in [4.69, 9.17) is 9.72 Å². The van der Waals surface area contributed by atoms with Crippen molar-refractivity contribution < 1.29 is 22.3 Å². The van der Waals surface area contributed by atoms with Crippen LogP contribution < -0.4 is 5.32 Å². The summed E-state index contributed by atoms with van der Waals surface area (Å²) in [4.78, 5) is 21.8. The molecule has 3 aliphatic carbocycles. The second-order valence-corrected chi connectivity index (χ2v) is 12.8. The molecule has 0 spiro atoms. The van der Waals surface area contributed by atoms with E-state index in [0.717, 1.165) is 47.0 Å². The van der Waals surface area contributed by atoms with Gasteiger partial charge in [0, 0.05) is 23.2 Å². The highest BCUT2D eigenvalue weighted by molar-refractivity contribution is 7.90. The van der Waals surface area contributed by atoms with Crippen LogP contribution in [0.2, 0.25) is 0 Å². The highest BCUT2D eigenvalue weighted by atomic mass is 32.2. The van der Waals surface area contributed by atoms with Gasteiger partial charge in [0.15, 0.2) is 5.65 Å². The van der Waals surface area contributed by atoms with E-state index >= 15 is 0 Å². The van der Waals surface area contributed by atoms with E-state index in [2.05, 4.69) is 10.3 Å². The summed E-state index contributed by atoms with van der Waals surface area (Å²) >= 11 is 0. The zero-order valence-electron chi connectivity index (χ0n) is 22.6. The molecule has 10 heteroatoms. The standard InChI is InChI=1S/C30H31FN4O4S/c1-17-4-10-22(11-5-17)40(37,38)35-16-24(23-14-21(31)15-32-29(23)35)25-12-18(2)13-26(33-25)34-28-20-8-6-19(7-9-20)27(28)30(36)39-3/h4-5,10-16,19-20,27-28H,6-9H2,1-3H3,(H,33,34)/t19?,20?,27-,28-/m1/s1. The zero-order chi connectivity index (χ0) is 28.2. The fourth-order valence-electron chi connectivity index (χ4n) is 6.45. The highest BCUT2D eigenvalue weighted by Gasteiger charge is 2.48. The lowest BCUT2D eigenvalue weighted by atomic mass is 9.61. The first-order chi connectivity index (χ1) is 19.2. The van der Waals surface area contributed by atoms with Crippen LogP contribution in [0.1, 0.15) is 36.8 Å². The van der Waals surface area contributed by atoms with E-state index in [1.807, 2.05) is 26.0 Å². The number of ether oxygens (including phenoxy) is 1. The molecular weight excluding hydrogens is 531 g/mol. The quantitative estimate of drug-likeness (QED) is 0.310. The summed E-state index contributed by atoms with van der Waals surface area (Å²) in [5.41, 5.74) is 2.86. The van der Waals surface area contributed by atoms with Gasteiger partial charge in [0.05, 0.1) is 29.8 Å². The van der Waals surface area contributed by atoms with Crippen molar-refractivity contribution >= 4 is 32.8 Å². The Morgan fingerprint density at radius 1 is 1.02 bits per heavy atom. The normalized spacial score (nSPS) is 22.4. The Hall–Kier alpha value is -3.79. The van der Waals surface area contributed by atoms with Gasteiger partial charge in [0.1, 0.15) is 11.6 Å². The number of carbonyl (C=O) groups is 1. The molecule has 1 aromatic carbocycles.